The highest BCUT2D eigenvalue weighted by Crippen LogP contribution is 2.38. The molecule has 0 spiro atoms. The van der Waals surface area contributed by atoms with Crippen LogP contribution in [0.15, 0.2) is 53.6 Å². The van der Waals surface area contributed by atoms with Gasteiger partial charge >= 0.3 is 0 Å². The largest absolute Gasteiger partial charge is 0.481 e. The molecule has 0 amide bonds. The third-order valence-corrected chi connectivity index (χ3v) is 6.00. The molecule has 1 fully saturated rings. The zero-order valence-corrected chi connectivity index (χ0v) is 18.8. The molecule has 9 heteroatoms. The van der Waals surface area contributed by atoms with E-state index in [0.29, 0.717) is 17.1 Å². The van der Waals surface area contributed by atoms with E-state index in [4.69, 9.17) is 10.5 Å². The van der Waals surface area contributed by atoms with E-state index in [1.165, 1.54) is 6.20 Å². The molecule has 4 aromatic rings. The number of fused-ring (bicyclic) bond motifs is 1. The summed E-state index contributed by atoms with van der Waals surface area (Å²) in [5, 5.41) is 14.2. The number of aromatic nitrogens is 4. The number of benzene rings is 1. The van der Waals surface area contributed by atoms with E-state index in [0.717, 1.165) is 35.0 Å². The van der Waals surface area contributed by atoms with E-state index in [-0.39, 0.29) is 29.2 Å². The van der Waals surface area contributed by atoms with Gasteiger partial charge in [0.1, 0.15) is 17.5 Å². The molecule has 1 aliphatic carbocycles. The van der Waals surface area contributed by atoms with Crippen LogP contribution in [-0.4, -0.2) is 26.6 Å². The van der Waals surface area contributed by atoms with Crippen LogP contribution in [0, 0.1) is 11.3 Å². The molecular formula is C25H23N7O2. The number of methoxy groups -OCH3 is 1. The normalized spacial score (nSPS) is 13.9. The van der Waals surface area contributed by atoms with E-state index < -0.39 is 0 Å². The minimum absolute atomic E-state index is 0.0437. The molecule has 9 nitrogen and oxygen atoms in total. The lowest BCUT2D eigenvalue weighted by Crippen LogP contribution is -2.26. The van der Waals surface area contributed by atoms with Gasteiger partial charge in [0.05, 0.1) is 24.7 Å². The third kappa shape index (κ3) is 3.79. The average molecular weight is 454 g/mol. The molecule has 170 valence electrons. The van der Waals surface area contributed by atoms with Crippen LogP contribution < -0.4 is 21.3 Å². The van der Waals surface area contributed by atoms with Crippen molar-refractivity contribution in [2.75, 3.05) is 18.2 Å². The summed E-state index contributed by atoms with van der Waals surface area (Å²) in [5.41, 5.74) is 8.48. The highest BCUT2D eigenvalue weighted by molar-refractivity contribution is 5.96. The molecule has 0 saturated heterocycles. The number of nitriles is 1. The minimum Gasteiger partial charge on any atom is -0.481 e. The maximum atomic E-state index is 13.9. The highest BCUT2D eigenvalue weighted by atomic mass is 16.5. The van der Waals surface area contributed by atoms with Crippen LogP contribution in [0.25, 0.3) is 21.9 Å². The second kappa shape index (κ2) is 8.48. The van der Waals surface area contributed by atoms with Crippen molar-refractivity contribution >= 4 is 22.5 Å². The number of hydrogen-bond donors (Lipinski definition) is 2. The third-order valence-electron chi connectivity index (χ3n) is 6.00. The van der Waals surface area contributed by atoms with E-state index in [9.17, 15) is 10.1 Å². The van der Waals surface area contributed by atoms with Gasteiger partial charge in [0, 0.05) is 29.6 Å². The Hall–Kier alpha value is -4.45. The second-order valence-corrected chi connectivity index (χ2v) is 8.30. The number of nitrogens with zero attached hydrogens (tertiary/aromatic N) is 5. The molecule has 0 unspecified atom stereocenters. The summed E-state index contributed by atoms with van der Waals surface area (Å²) in [5.74, 6) is 0.934. The molecule has 0 bridgehead atoms. The molecule has 0 radical (unpaired) electrons. The summed E-state index contributed by atoms with van der Waals surface area (Å²) in [6.07, 6.45) is 5.00. The summed E-state index contributed by atoms with van der Waals surface area (Å²) < 4.78 is 7.04. The standard InChI is InChI=1S/C25H23N7O2/c1-14(30-23-17(11-26)13-29-25(27)31-23)20-10-15-4-3-5-19(16-6-9-21(34-2)28-12-16)22(15)24(33)32(20)18-7-8-18/h3-6,9-10,12-14,18H,7-8H2,1-2H3,(H3,27,29,30,31)/t14-/m0/s1. The molecule has 1 aromatic carbocycles. The number of rotatable bonds is 6. The van der Waals surface area contributed by atoms with Crippen molar-refractivity contribution in [2.24, 2.45) is 0 Å². The van der Waals surface area contributed by atoms with E-state index >= 15 is 0 Å². The Balaban J connectivity index is 1.64. The number of anilines is 2. The predicted octanol–water partition coefficient (Wildman–Crippen LogP) is 3.82. The van der Waals surface area contributed by atoms with Crippen molar-refractivity contribution in [1.82, 2.24) is 19.5 Å². The van der Waals surface area contributed by atoms with Crippen LogP contribution in [0.2, 0.25) is 0 Å². The maximum Gasteiger partial charge on any atom is 0.259 e. The Morgan fingerprint density at radius 3 is 2.74 bits per heavy atom. The summed E-state index contributed by atoms with van der Waals surface area (Å²) in [4.78, 5) is 26.2. The van der Waals surface area contributed by atoms with Crippen LogP contribution in [0.3, 0.4) is 0 Å². The van der Waals surface area contributed by atoms with Crippen molar-refractivity contribution in [1.29, 1.82) is 5.26 Å². The molecule has 3 N–H and O–H groups in total. The first-order chi connectivity index (χ1) is 16.5. The fourth-order valence-electron chi connectivity index (χ4n) is 4.21. The van der Waals surface area contributed by atoms with Gasteiger partial charge in [-0.3, -0.25) is 4.79 Å². The molecule has 34 heavy (non-hydrogen) atoms. The Kier molecular flexibility index (Phi) is 5.34. The van der Waals surface area contributed by atoms with Crippen molar-refractivity contribution in [3.63, 3.8) is 0 Å². The van der Waals surface area contributed by atoms with Crippen molar-refractivity contribution in [3.05, 3.63) is 70.4 Å². The Morgan fingerprint density at radius 1 is 1.24 bits per heavy atom. The van der Waals surface area contributed by atoms with Gasteiger partial charge in [-0.05, 0) is 42.8 Å². The summed E-state index contributed by atoms with van der Waals surface area (Å²) in [6, 6.07) is 13.5. The molecular weight excluding hydrogens is 430 g/mol. The SMILES string of the molecule is COc1ccc(-c2cccc3cc([C@H](C)Nc4nc(N)ncc4C#N)n(C4CC4)c(=O)c23)cn1. The van der Waals surface area contributed by atoms with Crippen LogP contribution in [-0.2, 0) is 0 Å². The van der Waals surface area contributed by atoms with E-state index in [1.807, 2.05) is 41.8 Å². The fraction of sp³-hybridized carbons (Fsp3) is 0.240. The molecule has 3 aromatic heterocycles. The van der Waals surface area contributed by atoms with Gasteiger partial charge in [0.2, 0.25) is 11.8 Å². The number of pyridine rings is 2. The van der Waals surface area contributed by atoms with Crippen LogP contribution in [0.5, 0.6) is 5.88 Å². The second-order valence-electron chi connectivity index (χ2n) is 8.30. The summed E-state index contributed by atoms with van der Waals surface area (Å²) in [7, 11) is 1.57. The van der Waals surface area contributed by atoms with E-state index in [2.05, 4.69) is 26.3 Å². The molecule has 5 rings (SSSR count). The predicted molar refractivity (Wildman–Crippen MR) is 129 cm³/mol. The first-order valence-electron chi connectivity index (χ1n) is 11.0. The van der Waals surface area contributed by atoms with Crippen molar-refractivity contribution < 1.29 is 4.74 Å². The van der Waals surface area contributed by atoms with Crippen molar-refractivity contribution in [2.45, 2.75) is 31.8 Å². The zero-order valence-electron chi connectivity index (χ0n) is 18.8. The lowest BCUT2D eigenvalue weighted by atomic mass is 9.99. The minimum atomic E-state index is -0.301. The fourth-order valence-corrected chi connectivity index (χ4v) is 4.21. The molecule has 1 atom stereocenters. The number of nitrogens with two attached hydrogens (primary N) is 1. The van der Waals surface area contributed by atoms with Gasteiger partial charge in [-0.1, -0.05) is 18.2 Å². The highest BCUT2D eigenvalue weighted by Gasteiger charge is 2.30. The van der Waals surface area contributed by atoms with Gasteiger partial charge < -0.3 is 20.4 Å². The average Bonchev–Trinajstić information content (AvgIpc) is 3.69. The topological polar surface area (TPSA) is 132 Å². The van der Waals surface area contributed by atoms with Crippen LogP contribution in [0.1, 0.15) is 43.1 Å². The van der Waals surface area contributed by atoms with Crippen LogP contribution in [0.4, 0.5) is 11.8 Å². The lowest BCUT2D eigenvalue weighted by Gasteiger charge is -2.22. The van der Waals surface area contributed by atoms with Gasteiger partial charge in [0.15, 0.2) is 0 Å². The van der Waals surface area contributed by atoms with Gasteiger partial charge in [-0.2, -0.15) is 10.2 Å². The quantitative estimate of drug-likeness (QED) is 0.450. The zero-order chi connectivity index (χ0) is 23.8. The first kappa shape index (κ1) is 21.4. The number of hydrogen-bond acceptors (Lipinski definition) is 8. The first-order valence-corrected chi connectivity index (χ1v) is 11.0. The number of nitrogen functional groups attached to an aromatic ring is 1. The number of nitrogens with one attached hydrogen (secondary N) is 1. The summed E-state index contributed by atoms with van der Waals surface area (Å²) >= 11 is 0. The van der Waals surface area contributed by atoms with Crippen molar-refractivity contribution in [3.8, 4) is 23.1 Å². The maximum absolute atomic E-state index is 13.9. The number of ether oxygens (including phenoxy) is 1. The Labute approximate surface area is 195 Å². The molecule has 1 saturated carbocycles. The van der Waals surface area contributed by atoms with Gasteiger partial charge in [-0.25, -0.2) is 9.97 Å². The Bertz CT molecular complexity index is 1480. The lowest BCUT2D eigenvalue weighted by molar-refractivity contribution is 0.398. The molecule has 1 aliphatic rings. The smallest absolute Gasteiger partial charge is 0.259 e. The van der Waals surface area contributed by atoms with E-state index in [1.54, 1.807) is 19.4 Å². The monoisotopic (exact) mass is 453 g/mol. The van der Waals surface area contributed by atoms with Crippen LogP contribution >= 0.6 is 0 Å². The summed E-state index contributed by atoms with van der Waals surface area (Å²) in [6.45, 7) is 1.94. The molecule has 0 aliphatic heterocycles. The van der Waals surface area contributed by atoms with Gasteiger partial charge in [0.25, 0.3) is 5.56 Å². The van der Waals surface area contributed by atoms with Gasteiger partial charge in [-0.15, -0.1) is 0 Å². The Morgan fingerprint density at radius 2 is 2.06 bits per heavy atom. The molecule has 3 heterocycles.